The lowest BCUT2D eigenvalue weighted by Crippen LogP contribution is -2.62. The van der Waals surface area contributed by atoms with Gasteiger partial charge in [0.15, 0.2) is 11.6 Å². The Morgan fingerprint density at radius 1 is 1.17 bits per heavy atom. The highest BCUT2D eigenvalue weighted by Gasteiger charge is 2.37. The second kappa shape index (κ2) is 4.57. The van der Waals surface area contributed by atoms with Crippen LogP contribution >= 0.6 is 0 Å². The highest BCUT2D eigenvalue weighted by Crippen LogP contribution is 2.29. The molecule has 3 aliphatic rings. The van der Waals surface area contributed by atoms with Gasteiger partial charge in [-0.3, -0.25) is 9.80 Å². The van der Waals surface area contributed by atoms with Crippen LogP contribution in [0, 0.1) is 11.6 Å². The average molecular weight is 254 g/mol. The molecule has 2 unspecified atom stereocenters. The predicted octanol–water partition coefficient (Wildman–Crippen LogP) is 0.998. The normalized spacial score (nSPS) is 32.5. The number of piperazine rings is 3. The highest BCUT2D eigenvalue weighted by molar-refractivity contribution is 5.23. The Hall–Kier alpha value is -1.04. The van der Waals surface area contributed by atoms with E-state index in [2.05, 4.69) is 9.80 Å². The summed E-state index contributed by atoms with van der Waals surface area (Å²) in [5.74, 6) is -1.83. The maximum atomic E-state index is 13.7. The zero-order valence-electron chi connectivity index (χ0n) is 10.0. The van der Waals surface area contributed by atoms with Crippen molar-refractivity contribution in [3.05, 3.63) is 35.4 Å². The third-order valence-electron chi connectivity index (χ3n) is 3.99. The fourth-order valence-corrected chi connectivity index (χ4v) is 2.91. The zero-order chi connectivity index (χ0) is 12.7. The van der Waals surface area contributed by atoms with E-state index >= 15 is 0 Å². The van der Waals surface area contributed by atoms with Crippen LogP contribution in [0.5, 0.6) is 0 Å². The second-order valence-electron chi connectivity index (χ2n) is 4.99. The van der Waals surface area contributed by atoms with E-state index in [4.69, 9.17) is 0 Å². The van der Waals surface area contributed by atoms with E-state index < -0.39 is 17.7 Å². The number of hydrogen-bond donors (Lipinski definition) is 1. The molecule has 0 aromatic heterocycles. The van der Waals surface area contributed by atoms with Crippen LogP contribution in [0.25, 0.3) is 0 Å². The van der Waals surface area contributed by atoms with Crippen LogP contribution in [-0.4, -0.2) is 53.7 Å². The first-order valence-electron chi connectivity index (χ1n) is 6.25. The summed E-state index contributed by atoms with van der Waals surface area (Å²) in [6, 6.07) is 3.83. The lowest BCUT2D eigenvalue weighted by Gasteiger charge is -2.49. The maximum absolute atomic E-state index is 13.7. The molecule has 4 rings (SSSR count). The van der Waals surface area contributed by atoms with Gasteiger partial charge in [0.2, 0.25) is 0 Å². The molecule has 0 radical (unpaired) electrons. The minimum absolute atomic E-state index is 0.0637. The van der Waals surface area contributed by atoms with Crippen LogP contribution in [0.3, 0.4) is 0 Å². The van der Waals surface area contributed by atoms with Crippen LogP contribution in [-0.2, 0) is 0 Å². The van der Waals surface area contributed by atoms with E-state index in [1.54, 1.807) is 0 Å². The van der Waals surface area contributed by atoms with Gasteiger partial charge < -0.3 is 5.11 Å². The molecular weight excluding hydrogens is 238 g/mol. The summed E-state index contributed by atoms with van der Waals surface area (Å²) < 4.78 is 26.9. The lowest BCUT2D eigenvalue weighted by molar-refractivity contribution is -0.0481. The van der Waals surface area contributed by atoms with Gasteiger partial charge in [-0.1, -0.05) is 12.1 Å². The van der Waals surface area contributed by atoms with Gasteiger partial charge >= 0.3 is 0 Å². The molecule has 2 atom stereocenters. The number of halogens is 2. The average Bonchev–Trinajstić information content (AvgIpc) is 2.42. The lowest BCUT2D eigenvalue weighted by atomic mass is 9.96. The molecule has 0 saturated carbocycles. The largest absolute Gasteiger partial charge is 0.387 e. The van der Waals surface area contributed by atoms with E-state index in [1.165, 1.54) is 12.1 Å². The highest BCUT2D eigenvalue weighted by atomic mass is 19.2. The predicted molar refractivity (Wildman–Crippen MR) is 63.1 cm³/mol. The second-order valence-corrected chi connectivity index (χ2v) is 4.99. The smallest absolute Gasteiger partial charge is 0.164 e. The third-order valence-corrected chi connectivity index (χ3v) is 3.99. The van der Waals surface area contributed by atoms with Gasteiger partial charge in [-0.15, -0.1) is 0 Å². The number of hydrogen-bond acceptors (Lipinski definition) is 3. The Labute approximate surface area is 105 Å². The van der Waals surface area contributed by atoms with Gasteiger partial charge in [0.05, 0.1) is 12.1 Å². The minimum Gasteiger partial charge on any atom is -0.387 e. The molecule has 3 heterocycles. The summed E-state index contributed by atoms with van der Waals surface area (Å²) in [6.07, 6.45) is -0.969. The quantitative estimate of drug-likeness (QED) is 0.853. The van der Waals surface area contributed by atoms with Gasteiger partial charge in [-0.2, -0.15) is 0 Å². The van der Waals surface area contributed by atoms with Crippen LogP contribution in [0.2, 0.25) is 0 Å². The van der Waals surface area contributed by atoms with Crippen molar-refractivity contribution in [2.24, 2.45) is 0 Å². The maximum Gasteiger partial charge on any atom is 0.164 e. The summed E-state index contributed by atoms with van der Waals surface area (Å²) in [4.78, 5) is 4.42. The van der Waals surface area contributed by atoms with Crippen molar-refractivity contribution >= 4 is 0 Å². The number of rotatable bonds is 2. The molecule has 3 fully saturated rings. The molecule has 0 spiro atoms. The molecule has 18 heavy (non-hydrogen) atoms. The van der Waals surface area contributed by atoms with Crippen molar-refractivity contribution in [3.8, 4) is 0 Å². The Balaban J connectivity index is 1.86. The first kappa shape index (κ1) is 12.0. The Kier molecular flexibility index (Phi) is 3.05. The molecule has 3 saturated heterocycles. The molecule has 1 aromatic rings. The molecule has 1 N–H and O–H groups in total. The first-order valence-corrected chi connectivity index (χ1v) is 6.25. The Bertz CT molecular complexity index is 447. The van der Waals surface area contributed by atoms with Gasteiger partial charge in [0.25, 0.3) is 0 Å². The summed E-state index contributed by atoms with van der Waals surface area (Å²) in [5, 5.41) is 10.3. The van der Waals surface area contributed by atoms with Crippen molar-refractivity contribution in [1.29, 1.82) is 0 Å². The zero-order valence-corrected chi connectivity index (χ0v) is 10.0. The van der Waals surface area contributed by atoms with Gasteiger partial charge in [-0.25, -0.2) is 8.78 Å². The van der Waals surface area contributed by atoms with E-state index in [-0.39, 0.29) is 11.6 Å². The fraction of sp³-hybridized carbons (Fsp3) is 0.538. The number of aliphatic hydroxyl groups is 1. The van der Waals surface area contributed by atoms with Crippen molar-refractivity contribution < 1.29 is 13.9 Å². The van der Waals surface area contributed by atoms with Gasteiger partial charge in [0.1, 0.15) is 0 Å². The third kappa shape index (κ3) is 1.92. The van der Waals surface area contributed by atoms with Crippen molar-refractivity contribution in [3.63, 3.8) is 0 Å². The van der Waals surface area contributed by atoms with E-state index in [1.807, 2.05) is 0 Å². The van der Waals surface area contributed by atoms with Crippen molar-refractivity contribution in [2.75, 3.05) is 32.7 Å². The summed E-state index contributed by atoms with van der Waals surface area (Å²) in [7, 11) is 0. The van der Waals surface area contributed by atoms with E-state index in [0.29, 0.717) is 0 Å². The first-order chi connectivity index (χ1) is 8.66. The molecule has 0 amide bonds. The number of aliphatic hydroxyl groups excluding tert-OH is 1. The van der Waals surface area contributed by atoms with Crippen LogP contribution in [0.1, 0.15) is 11.7 Å². The molecular formula is C13H16F2N2O. The Morgan fingerprint density at radius 3 is 2.50 bits per heavy atom. The molecule has 3 nitrogen and oxygen atoms in total. The summed E-state index contributed by atoms with van der Waals surface area (Å²) >= 11 is 0. The topological polar surface area (TPSA) is 26.7 Å². The fourth-order valence-electron chi connectivity index (χ4n) is 2.91. The van der Waals surface area contributed by atoms with Gasteiger partial charge in [0, 0.05) is 38.3 Å². The van der Waals surface area contributed by atoms with Crippen LogP contribution < -0.4 is 0 Å². The molecule has 0 aliphatic carbocycles. The molecule has 2 bridgehead atoms. The monoisotopic (exact) mass is 254 g/mol. The SMILES string of the molecule is OC(c1cccc(F)c1F)C1CN2CCN1CC2. The number of benzene rings is 1. The van der Waals surface area contributed by atoms with Gasteiger partial charge in [-0.05, 0) is 6.07 Å². The number of nitrogens with zero attached hydrogens (tertiary/aromatic N) is 2. The Morgan fingerprint density at radius 2 is 1.89 bits per heavy atom. The minimum atomic E-state index is -0.969. The molecule has 3 aliphatic heterocycles. The van der Waals surface area contributed by atoms with Crippen LogP contribution in [0.4, 0.5) is 8.78 Å². The molecule has 1 aromatic carbocycles. The van der Waals surface area contributed by atoms with Crippen molar-refractivity contribution in [2.45, 2.75) is 12.1 Å². The van der Waals surface area contributed by atoms with E-state index in [0.717, 1.165) is 38.8 Å². The molecule has 5 heteroatoms. The number of fused-ring (bicyclic) bond motifs is 3. The summed E-state index contributed by atoms with van der Waals surface area (Å²) in [5.41, 5.74) is 0.0637. The van der Waals surface area contributed by atoms with E-state index in [9.17, 15) is 13.9 Å². The molecule has 98 valence electrons. The summed E-state index contributed by atoms with van der Waals surface area (Å²) in [6.45, 7) is 4.48. The standard InChI is InChI=1S/C13H16F2N2O/c14-10-3-1-2-9(12(10)15)13(18)11-8-16-4-6-17(11)7-5-16/h1-3,11,13,18H,4-8H2. The van der Waals surface area contributed by atoms with Crippen molar-refractivity contribution in [1.82, 2.24) is 9.80 Å². The van der Waals surface area contributed by atoms with Crippen LogP contribution in [0.15, 0.2) is 18.2 Å².